The number of ether oxygens (including phenoxy) is 1. The molecular weight excluding hydrogens is 451 g/mol. The summed E-state index contributed by atoms with van der Waals surface area (Å²) in [6, 6.07) is 8.05. The molecule has 0 aromatic heterocycles. The van der Waals surface area contributed by atoms with Crippen LogP contribution in [0.15, 0.2) is 35.2 Å². The highest BCUT2D eigenvalue weighted by molar-refractivity contribution is 7.89. The topological polar surface area (TPSA) is 87.2 Å². The Morgan fingerprint density at radius 3 is 2.37 bits per heavy atom. The van der Waals surface area contributed by atoms with E-state index in [1.165, 1.54) is 16.4 Å². The molecule has 2 aliphatic heterocycles. The molecule has 2 aromatic rings. The third kappa shape index (κ3) is 3.73. The van der Waals surface area contributed by atoms with Crippen molar-refractivity contribution >= 4 is 45.0 Å². The summed E-state index contributed by atoms with van der Waals surface area (Å²) < 4.78 is 32.7. The zero-order chi connectivity index (χ0) is 21.6. The first kappa shape index (κ1) is 21.2. The number of amides is 1. The summed E-state index contributed by atoms with van der Waals surface area (Å²) in [7, 11) is -3.84. The van der Waals surface area contributed by atoms with Crippen LogP contribution in [-0.2, 0) is 21.4 Å². The predicted octanol–water partition coefficient (Wildman–Crippen LogP) is 4.32. The van der Waals surface area contributed by atoms with E-state index in [9.17, 15) is 18.3 Å². The van der Waals surface area contributed by atoms with Crippen molar-refractivity contribution in [2.45, 2.75) is 37.3 Å². The Bertz CT molecular complexity index is 1090. The number of nitrogens with zero attached hydrogens (tertiary/aromatic N) is 2. The first-order chi connectivity index (χ1) is 14.2. The zero-order valence-electron chi connectivity index (χ0n) is 16.1. The number of cyclic esters (lactones) is 1. The summed E-state index contributed by atoms with van der Waals surface area (Å²) in [5.41, 5.74) is 2.84. The second-order valence-electron chi connectivity index (χ2n) is 7.43. The number of fused-ring (bicyclic) bond motifs is 1. The van der Waals surface area contributed by atoms with Gasteiger partial charge in [-0.15, -0.1) is 0 Å². The van der Waals surface area contributed by atoms with Crippen molar-refractivity contribution in [2.24, 2.45) is 0 Å². The normalized spacial score (nSPS) is 18.2. The minimum absolute atomic E-state index is 0.0769. The van der Waals surface area contributed by atoms with Crippen LogP contribution >= 0.6 is 23.2 Å². The lowest BCUT2D eigenvalue weighted by Gasteiger charge is -2.39. The van der Waals surface area contributed by atoms with Gasteiger partial charge >= 0.3 is 6.09 Å². The number of carbonyl (C=O) groups is 1. The highest BCUT2D eigenvalue weighted by Gasteiger charge is 2.37. The van der Waals surface area contributed by atoms with Gasteiger partial charge in [0.25, 0.3) is 0 Å². The van der Waals surface area contributed by atoms with Gasteiger partial charge in [-0.1, -0.05) is 40.9 Å². The van der Waals surface area contributed by atoms with E-state index in [1.54, 1.807) is 4.90 Å². The molecule has 10 heteroatoms. The molecule has 1 amide bonds. The molecule has 0 unspecified atom stereocenters. The van der Waals surface area contributed by atoms with E-state index in [-0.39, 0.29) is 46.4 Å². The number of piperidine rings is 1. The second-order valence-corrected chi connectivity index (χ2v) is 10.2. The minimum Gasteiger partial charge on any atom is -0.505 e. The van der Waals surface area contributed by atoms with E-state index in [1.807, 2.05) is 25.1 Å². The van der Waals surface area contributed by atoms with Crippen molar-refractivity contribution in [3.05, 3.63) is 51.5 Å². The molecule has 2 aromatic carbocycles. The van der Waals surface area contributed by atoms with E-state index in [0.29, 0.717) is 12.8 Å². The Morgan fingerprint density at radius 2 is 1.73 bits per heavy atom. The molecular formula is C20H20Cl2N2O5S. The molecule has 2 heterocycles. The third-order valence-electron chi connectivity index (χ3n) is 5.46. The molecule has 1 saturated heterocycles. The van der Waals surface area contributed by atoms with Crippen LogP contribution in [0.3, 0.4) is 0 Å². The first-order valence-corrected chi connectivity index (χ1v) is 11.6. The van der Waals surface area contributed by atoms with Gasteiger partial charge in [-0.2, -0.15) is 4.31 Å². The van der Waals surface area contributed by atoms with Crippen LogP contribution in [0.25, 0.3) is 0 Å². The smallest absolute Gasteiger partial charge is 0.414 e. The lowest BCUT2D eigenvalue weighted by atomic mass is 10.0. The maximum absolute atomic E-state index is 13.0. The fourth-order valence-corrected chi connectivity index (χ4v) is 6.04. The van der Waals surface area contributed by atoms with E-state index in [2.05, 4.69) is 0 Å². The van der Waals surface area contributed by atoms with Gasteiger partial charge in [0, 0.05) is 24.7 Å². The van der Waals surface area contributed by atoms with Crippen LogP contribution < -0.4 is 4.90 Å². The molecule has 30 heavy (non-hydrogen) atoms. The summed E-state index contributed by atoms with van der Waals surface area (Å²) >= 11 is 11.8. The molecule has 7 nitrogen and oxygen atoms in total. The van der Waals surface area contributed by atoms with Gasteiger partial charge < -0.3 is 9.84 Å². The van der Waals surface area contributed by atoms with E-state index < -0.39 is 16.1 Å². The van der Waals surface area contributed by atoms with Crippen molar-refractivity contribution in [1.82, 2.24) is 4.31 Å². The number of hydrogen-bond acceptors (Lipinski definition) is 5. The maximum Gasteiger partial charge on any atom is 0.414 e. The quantitative estimate of drug-likeness (QED) is 0.721. The number of rotatable bonds is 3. The molecule has 0 saturated carbocycles. The Kier molecular flexibility index (Phi) is 5.61. The Hall–Kier alpha value is -2.00. The van der Waals surface area contributed by atoms with Crippen molar-refractivity contribution in [3.63, 3.8) is 0 Å². The van der Waals surface area contributed by atoms with Crippen molar-refractivity contribution in [1.29, 1.82) is 0 Å². The van der Waals surface area contributed by atoms with Gasteiger partial charge in [-0.05, 0) is 38.0 Å². The number of aromatic hydroxyl groups is 1. The highest BCUT2D eigenvalue weighted by atomic mass is 35.5. The fourth-order valence-electron chi connectivity index (χ4n) is 3.90. The van der Waals surface area contributed by atoms with Crippen LogP contribution in [0.1, 0.15) is 24.0 Å². The second kappa shape index (κ2) is 7.92. The summed E-state index contributed by atoms with van der Waals surface area (Å²) in [6.45, 7) is 2.68. The average molecular weight is 471 g/mol. The molecule has 0 bridgehead atoms. The van der Waals surface area contributed by atoms with E-state index in [0.717, 1.165) is 16.8 Å². The zero-order valence-corrected chi connectivity index (χ0v) is 18.5. The average Bonchev–Trinajstić information content (AvgIpc) is 2.72. The number of sulfonamides is 1. The lowest BCUT2D eigenvalue weighted by molar-refractivity contribution is 0.135. The van der Waals surface area contributed by atoms with E-state index >= 15 is 0 Å². The minimum atomic E-state index is -3.84. The molecule has 1 N–H and O–H groups in total. The molecule has 0 aliphatic carbocycles. The van der Waals surface area contributed by atoms with Crippen LogP contribution in [0.4, 0.5) is 10.5 Å². The number of anilines is 1. The number of aryl methyl sites for hydroxylation is 1. The van der Waals surface area contributed by atoms with Gasteiger partial charge in [0.15, 0.2) is 5.75 Å². The summed E-state index contributed by atoms with van der Waals surface area (Å²) in [4.78, 5) is 14.0. The van der Waals surface area contributed by atoms with Crippen LogP contribution in [-0.4, -0.2) is 43.1 Å². The number of hydrogen-bond donors (Lipinski definition) is 1. The standard InChI is InChI=1S/C20H20Cl2N2O5S/c1-12-2-3-18-13(8-12)11-29-20(26)24(18)14-4-6-23(7-5-14)30(27,28)15-9-16(21)19(25)17(22)10-15/h2-3,8-10,14,25H,4-7,11H2,1H3. The number of phenolic OH excluding ortho intramolecular Hbond substituents is 1. The fraction of sp³-hybridized carbons (Fsp3) is 0.350. The highest BCUT2D eigenvalue weighted by Crippen LogP contribution is 2.37. The number of carbonyl (C=O) groups excluding carboxylic acids is 1. The van der Waals surface area contributed by atoms with Crippen molar-refractivity contribution in [3.8, 4) is 5.75 Å². The SMILES string of the molecule is Cc1ccc2c(c1)COC(=O)N2C1CCN(S(=O)(=O)c2cc(Cl)c(O)c(Cl)c2)CC1. The Morgan fingerprint density at radius 1 is 1.10 bits per heavy atom. The van der Waals surface area contributed by atoms with Crippen LogP contribution in [0, 0.1) is 6.92 Å². The molecule has 1 fully saturated rings. The predicted molar refractivity (Wildman–Crippen MR) is 114 cm³/mol. The van der Waals surface area contributed by atoms with Crippen LogP contribution in [0.5, 0.6) is 5.75 Å². The molecule has 160 valence electrons. The Balaban J connectivity index is 1.54. The van der Waals surface area contributed by atoms with Crippen molar-refractivity contribution in [2.75, 3.05) is 18.0 Å². The van der Waals surface area contributed by atoms with Gasteiger partial charge in [-0.25, -0.2) is 13.2 Å². The summed E-state index contributed by atoms with van der Waals surface area (Å²) in [5, 5.41) is 9.43. The van der Waals surface area contributed by atoms with Gasteiger partial charge in [0.05, 0.1) is 20.6 Å². The molecule has 2 aliphatic rings. The lowest BCUT2D eigenvalue weighted by Crippen LogP contribution is -2.50. The van der Waals surface area contributed by atoms with Crippen molar-refractivity contribution < 1.29 is 23.1 Å². The molecule has 4 rings (SSSR count). The monoisotopic (exact) mass is 470 g/mol. The molecule has 0 atom stereocenters. The van der Waals surface area contributed by atoms with Crippen LogP contribution in [0.2, 0.25) is 10.0 Å². The first-order valence-electron chi connectivity index (χ1n) is 9.42. The number of benzene rings is 2. The number of phenols is 1. The van der Waals surface area contributed by atoms with E-state index in [4.69, 9.17) is 27.9 Å². The van der Waals surface area contributed by atoms with Gasteiger partial charge in [-0.3, -0.25) is 4.90 Å². The summed E-state index contributed by atoms with van der Waals surface area (Å²) in [5.74, 6) is -0.353. The molecule has 0 radical (unpaired) electrons. The molecule has 0 spiro atoms. The largest absolute Gasteiger partial charge is 0.505 e. The Labute approximate surface area is 184 Å². The number of halogens is 2. The van der Waals surface area contributed by atoms with Gasteiger partial charge in [0.2, 0.25) is 10.0 Å². The third-order valence-corrected chi connectivity index (χ3v) is 7.91. The van der Waals surface area contributed by atoms with Gasteiger partial charge in [0.1, 0.15) is 6.61 Å². The summed E-state index contributed by atoms with van der Waals surface area (Å²) in [6.07, 6.45) is 0.507. The maximum atomic E-state index is 13.0.